The number of carbonyl (C=O) groups is 2. The quantitative estimate of drug-likeness (QED) is 0.0947. The van der Waals surface area contributed by atoms with Crippen LogP contribution in [0, 0.1) is 11.7 Å². The van der Waals surface area contributed by atoms with Crippen molar-refractivity contribution in [3.63, 3.8) is 0 Å². The number of rotatable bonds is 20. The third kappa shape index (κ3) is 13.1. The third-order valence-electron chi connectivity index (χ3n) is 6.92. The molecule has 6 heteroatoms. The average Bonchev–Trinajstić information content (AvgIpc) is 2.94. The maximum absolute atomic E-state index is 14.4. The van der Waals surface area contributed by atoms with E-state index in [4.69, 9.17) is 14.2 Å². The van der Waals surface area contributed by atoms with Gasteiger partial charge in [-0.1, -0.05) is 97.8 Å². The van der Waals surface area contributed by atoms with Gasteiger partial charge in [0, 0.05) is 6.07 Å². The van der Waals surface area contributed by atoms with Gasteiger partial charge in [0.25, 0.3) is 0 Å². The molecular weight excluding hydrogens is 495 g/mol. The first kappa shape index (κ1) is 32.3. The molecule has 2 rings (SSSR count). The van der Waals surface area contributed by atoms with E-state index in [0.29, 0.717) is 17.9 Å². The van der Waals surface area contributed by atoms with E-state index in [2.05, 4.69) is 6.92 Å². The van der Waals surface area contributed by atoms with Gasteiger partial charge >= 0.3 is 11.9 Å². The molecule has 0 aromatic heterocycles. The highest BCUT2D eigenvalue weighted by Gasteiger charge is 2.17. The largest absolute Gasteiger partial charge is 0.494 e. The Kier molecular flexibility index (Phi) is 15.9. The normalized spacial score (nSPS) is 11.7. The minimum atomic E-state index is -0.795. The molecule has 0 fully saturated rings. The molecule has 1 atom stereocenters. The zero-order valence-corrected chi connectivity index (χ0v) is 24.1. The van der Waals surface area contributed by atoms with Gasteiger partial charge in [-0.05, 0) is 48.7 Å². The van der Waals surface area contributed by atoms with Gasteiger partial charge in [-0.15, -0.1) is 0 Å². The number of esters is 2. The molecule has 0 saturated carbocycles. The molecule has 0 N–H and O–H groups in total. The van der Waals surface area contributed by atoms with Gasteiger partial charge in [0.2, 0.25) is 0 Å². The van der Waals surface area contributed by atoms with Gasteiger partial charge in [-0.25, -0.2) is 14.0 Å². The number of carbonyl (C=O) groups excluding carboxylic acids is 2. The standard InChI is InChI=1S/C33H47FO5/c1-4-6-7-8-9-10-11-12-13-14-15-16-23-37-28-19-17-27(18-20-28)32(35)39-29-21-22-30(31(34)24-29)33(36)38-25-26(3)5-2/h17-22,24,26H,4-16,23,25H2,1-3H3/t26-/m0/s1. The SMILES string of the molecule is CCCCCCCCCCCCCCOc1ccc(C(=O)Oc2ccc(C(=O)OC[C@@H](C)CC)c(F)c2)cc1. The second-order valence-corrected chi connectivity index (χ2v) is 10.4. The molecular formula is C33H47FO5. The third-order valence-corrected chi connectivity index (χ3v) is 6.92. The topological polar surface area (TPSA) is 61.8 Å². The Balaban J connectivity index is 1.64. The molecule has 2 aromatic rings. The fourth-order valence-electron chi connectivity index (χ4n) is 4.12. The number of ether oxygens (including phenoxy) is 3. The van der Waals surface area contributed by atoms with Crippen LogP contribution in [0.3, 0.4) is 0 Å². The predicted octanol–water partition coefficient (Wildman–Crippen LogP) is 9.33. The van der Waals surface area contributed by atoms with Gasteiger partial charge in [0.05, 0.1) is 24.3 Å². The Labute approximate surface area is 234 Å². The molecule has 216 valence electrons. The first-order valence-corrected chi connectivity index (χ1v) is 14.9. The maximum atomic E-state index is 14.4. The van der Waals surface area contributed by atoms with Crippen LogP contribution in [0.25, 0.3) is 0 Å². The van der Waals surface area contributed by atoms with Gasteiger partial charge in [-0.2, -0.15) is 0 Å². The summed E-state index contributed by atoms with van der Waals surface area (Å²) in [6.45, 7) is 7.07. The summed E-state index contributed by atoms with van der Waals surface area (Å²) < 4.78 is 30.6. The lowest BCUT2D eigenvalue weighted by atomic mass is 10.1. The van der Waals surface area contributed by atoms with Crippen molar-refractivity contribution in [2.24, 2.45) is 5.92 Å². The molecule has 39 heavy (non-hydrogen) atoms. The van der Waals surface area contributed by atoms with E-state index in [1.165, 1.54) is 76.3 Å². The fourth-order valence-corrected chi connectivity index (χ4v) is 4.12. The van der Waals surface area contributed by atoms with E-state index in [0.717, 1.165) is 25.3 Å². The Morgan fingerprint density at radius 1 is 0.744 bits per heavy atom. The zero-order chi connectivity index (χ0) is 28.3. The van der Waals surface area contributed by atoms with E-state index in [9.17, 15) is 14.0 Å². The van der Waals surface area contributed by atoms with Crippen LogP contribution in [0.5, 0.6) is 11.5 Å². The molecule has 0 spiro atoms. The van der Waals surface area contributed by atoms with Crippen molar-refractivity contribution < 1.29 is 28.2 Å². The summed E-state index contributed by atoms with van der Waals surface area (Å²) in [5.41, 5.74) is 0.137. The summed E-state index contributed by atoms with van der Waals surface area (Å²) in [4.78, 5) is 24.6. The number of hydrogen-bond donors (Lipinski definition) is 0. The van der Waals surface area contributed by atoms with Gasteiger partial charge in [-0.3, -0.25) is 0 Å². The molecule has 0 aliphatic rings. The Bertz CT molecular complexity index is 973. The summed E-state index contributed by atoms with van der Waals surface area (Å²) in [5.74, 6) is -1.23. The number of benzene rings is 2. The molecule has 0 bridgehead atoms. The minimum Gasteiger partial charge on any atom is -0.494 e. The summed E-state index contributed by atoms with van der Waals surface area (Å²) in [6, 6.07) is 10.4. The van der Waals surface area contributed by atoms with Crippen LogP contribution < -0.4 is 9.47 Å². The number of halogens is 1. The summed E-state index contributed by atoms with van der Waals surface area (Å²) in [7, 11) is 0. The van der Waals surface area contributed by atoms with Crippen molar-refractivity contribution >= 4 is 11.9 Å². The first-order valence-electron chi connectivity index (χ1n) is 14.9. The molecule has 0 aliphatic heterocycles. The monoisotopic (exact) mass is 542 g/mol. The molecule has 0 radical (unpaired) electrons. The van der Waals surface area contributed by atoms with Crippen molar-refractivity contribution in [2.45, 2.75) is 104 Å². The van der Waals surface area contributed by atoms with Crippen molar-refractivity contribution in [3.8, 4) is 11.5 Å². The molecule has 0 heterocycles. The van der Waals surface area contributed by atoms with Crippen LogP contribution >= 0.6 is 0 Å². The molecule has 0 aliphatic carbocycles. The Morgan fingerprint density at radius 2 is 1.31 bits per heavy atom. The zero-order valence-electron chi connectivity index (χ0n) is 24.1. The minimum absolute atomic E-state index is 0.0169. The summed E-state index contributed by atoms with van der Waals surface area (Å²) in [6.07, 6.45) is 16.4. The van der Waals surface area contributed by atoms with Gasteiger partial charge in [0.15, 0.2) is 0 Å². The second kappa shape index (κ2) is 19.2. The van der Waals surface area contributed by atoms with Gasteiger partial charge in [0.1, 0.15) is 17.3 Å². The predicted molar refractivity (Wildman–Crippen MR) is 154 cm³/mol. The van der Waals surface area contributed by atoms with E-state index in [1.54, 1.807) is 24.3 Å². The lowest BCUT2D eigenvalue weighted by Crippen LogP contribution is -2.13. The first-order chi connectivity index (χ1) is 18.9. The van der Waals surface area contributed by atoms with Crippen LogP contribution in [-0.4, -0.2) is 25.2 Å². The Morgan fingerprint density at radius 3 is 1.87 bits per heavy atom. The fraction of sp³-hybridized carbons (Fsp3) is 0.576. The van der Waals surface area contributed by atoms with Crippen LogP contribution in [0.4, 0.5) is 4.39 Å². The molecule has 2 aromatic carbocycles. The van der Waals surface area contributed by atoms with Crippen LogP contribution in [0.1, 0.15) is 125 Å². The maximum Gasteiger partial charge on any atom is 0.343 e. The highest BCUT2D eigenvalue weighted by molar-refractivity contribution is 5.92. The highest BCUT2D eigenvalue weighted by atomic mass is 19.1. The van der Waals surface area contributed by atoms with E-state index in [1.807, 2.05) is 13.8 Å². The lowest BCUT2D eigenvalue weighted by molar-refractivity contribution is 0.0441. The number of hydrogen-bond acceptors (Lipinski definition) is 5. The van der Waals surface area contributed by atoms with Gasteiger partial charge < -0.3 is 14.2 Å². The van der Waals surface area contributed by atoms with Crippen LogP contribution in [-0.2, 0) is 4.74 Å². The smallest absolute Gasteiger partial charge is 0.343 e. The molecule has 0 saturated heterocycles. The van der Waals surface area contributed by atoms with E-state index >= 15 is 0 Å². The molecule has 5 nitrogen and oxygen atoms in total. The average molecular weight is 543 g/mol. The van der Waals surface area contributed by atoms with Crippen molar-refractivity contribution in [1.29, 1.82) is 0 Å². The van der Waals surface area contributed by atoms with Crippen LogP contribution in [0.15, 0.2) is 42.5 Å². The van der Waals surface area contributed by atoms with Crippen molar-refractivity contribution in [1.82, 2.24) is 0 Å². The van der Waals surface area contributed by atoms with Crippen molar-refractivity contribution in [2.75, 3.05) is 13.2 Å². The number of unbranched alkanes of at least 4 members (excludes halogenated alkanes) is 11. The highest BCUT2D eigenvalue weighted by Crippen LogP contribution is 2.21. The van der Waals surface area contributed by atoms with E-state index < -0.39 is 17.8 Å². The van der Waals surface area contributed by atoms with Crippen molar-refractivity contribution in [3.05, 3.63) is 59.4 Å². The lowest BCUT2D eigenvalue weighted by Gasteiger charge is -2.11. The molecule has 0 unspecified atom stereocenters. The van der Waals surface area contributed by atoms with Crippen LogP contribution in [0.2, 0.25) is 0 Å². The second-order valence-electron chi connectivity index (χ2n) is 10.4. The molecule has 0 amide bonds. The Hall–Kier alpha value is -2.89. The van der Waals surface area contributed by atoms with E-state index in [-0.39, 0.29) is 23.8 Å². The summed E-state index contributed by atoms with van der Waals surface area (Å²) in [5, 5.41) is 0. The summed E-state index contributed by atoms with van der Waals surface area (Å²) >= 11 is 0.